The van der Waals surface area contributed by atoms with Crippen molar-refractivity contribution < 1.29 is 9.15 Å². The molecule has 186 valence electrons. The molecule has 0 atom stereocenters. The number of hydrogen-bond acceptors (Lipinski definition) is 2. The summed E-state index contributed by atoms with van der Waals surface area (Å²) in [5, 5.41) is 7.12. The number of fused-ring (bicyclic) bond motifs is 7. The maximum atomic E-state index is 6.36. The van der Waals surface area contributed by atoms with Gasteiger partial charge in [-0.25, -0.2) is 0 Å². The first-order valence-corrected chi connectivity index (χ1v) is 13.6. The summed E-state index contributed by atoms with van der Waals surface area (Å²) in [5.41, 5.74) is 8.89. The van der Waals surface area contributed by atoms with E-state index < -0.39 is 0 Å². The Kier molecular flexibility index (Phi) is 4.36. The Balaban J connectivity index is 1.28. The van der Waals surface area contributed by atoms with Gasteiger partial charge in [-0.05, 0) is 74.3 Å². The molecular weight excluding hydrogens is 488 g/mol. The smallest absolute Gasteiger partial charge is 0.136 e. The van der Waals surface area contributed by atoms with E-state index in [9.17, 15) is 0 Å². The molecule has 0 amide bonds. The van der Waals surface area contributed by atoms with Crippen LogP contribution in [-0.4, -0.2) is 0 Å². The van der Waals surface area contributed by atoms with Crippen molar-refractivity contribution in [1.29, 1.82) is 0 Å². The molecule has 0 fully saturated rings. The lowest BCUT2D eigenvalue weighted by Crippen LogP contribution is -1.97. The third-order valence-electron chi connectivity index (χ3n) is 8.27. The Bertz CT molecular complexity index is 2300. The molecule has 0 N–H and O–H groups in total. The van der Waals surface area contributed by atoms with Gasteiger partial charge in [0, 0.05) is 21.7 Å². The highest BCUT2D eigenvalue weighted by atomic mass is 16.5. The van der Waals surface area contributed by atoms with E-state index in [1.807, 2.05) is 12.1 Å². The summed E-state index contributed by atoms with van der Waals surface area (Å²) in [6.07, 6.45) is 0. The van der Waals surface area contributed by atoms with Crippen molar-refractivity contribution in [2.75, 3.05) is 0 Å². The molecule has 0 saturated heterocycles. The van der Waals surface area contributed by atoms with Crippen LogP contribution in [0.25, 0.3) is 76.9 Å². The summed E-state index contributed by atoms with van der Waals surface area (Å²) >= 11 is 0. The molecule has 2 nitrogen and oxygen atoms in total. The van der Waals surface area contributed by atoms with Gasteiger partial charge in [0.1, 0.15) is 22.7 Å². The van der Waals surface area contributed by atoms with E-state index in [1.54, 1.807) is 0 Å². The molecule has 0 unspecified atom stereocenters. The maximum absolute atomic E-state index is 6.36. The summed E-state index contributed by atoms with van der Waals surface area (Å²) < 4.78 is 12.7. The second-order valence-electron chi connectivity index (χ2n) is 10.5. The molecule has 9 rings (SSSR count). The van der Waals surface area contributed by atoms with Gasteiger partial charge in [0.2, 0.25) is 0 Å². The highest BCUT2D eigenvalue weighted by Crippen LogP contribution is 2.49. The predicted molar refractivity (Wildman–Crippen MR) is 165 cm³/mol. The molecule has 0 saturated carbocycles. The number of ether oxygens (including phenoxy) is 1. The Morgan fingerprint density at radius 3 is 2.08 bits per heavy atom. The molecule has 1 aliphatic heterocycles. The van der Waals surface area contributed by atoms with Crippen LogP contribution in [0.15, 0.2) is 138 Å². The normalized spacial score (nSPS) is 12.2. The Morgan fingerprint density at radius 2 is 1.10 bits per heavy atom. The standard InChI is InChI=1S/C38H22O2/c1-2-11-27-23(8-1)18-20-35-37(27)38-28(13-7-17-33(38)40-35)25-10-5-9-24(22-25)26-19-21-34-36-30(26)14-6-15-31(36)29-12-3-4-16-32(29)39-34/h1-22H. The summed E-state index contributed by atoms with van der Waals surface area (Å²) in [7, 11) is 0. The highest BCUT2D eigenvalue weighted by molar-refractivity contribution is 6.22. The zero-order valence-corrected chi connectivity index (χ0v) is 21.5. The van der Waals surface area contributed by atoms with Gasteiger partial charge in [-0.1, -0.05) is 103 Å². The predicted octanol–water partition coefficient (Wildman–Crippen LogP) is 11.0. The van der Waals surface area contributed by atoms with E-state index >= 15 is 0 Å². The second kappa shape index (κ2) is 8.08. The number of hydrogen-bond donors (Lipinski definition) is 0. The van der Waals surface area contributed by atoms with Crippen LogP contribution in [0.2, 0.25) is 0 Å². The molecule has 40 heavy (non-hydrogen) atoms. The van der Waals surface area contributed by atoms with Crippen LogP contribution in [0, 0.1) is 0 Å². The highest BCUT2D eigenvalue weighted by Gasteiger charge is 2.21. The van der Waals surface area contributed by atoms with Crippen molar-refractivity contribution >= 4 is 43.5 Å². The lowest BCUT2D eigenvalue weighted by Gasteiger charge is -2.22. The van der Waals surface area contributed by atoms with Crippen molar-refractivity contribution in [3.05, 3.63) is 133 Å². The van der Waals surface area contributed by atoms with Gasteiger partial charge < -0.3 is 9.15 Å². The third-order valence-corrected chi connectivity index (χ3v) is 8.27. The fraction of sp³-hybridized carbons (Fsp3) is 0. The Morgan fingerprint density at radius 1 is 0.375 bits per heavy atom. The molecule has 8 aromatic rings. The van der Waals surface area contributed by atoms with Crippen LogP contribution in [-0.2, 0) is 0 Å². The summed E-state index contributed by atoms with van der Waals surface area (Å²) in [5.74, 6) is 1.82. The Hall–Kier alpha value is -5.34. The first-order chi connectivity index (χ1) is 19.8. The molecule has 2 heteroatoms. The van der Waals surface area contributed by atoms with Crippen molar-refractivity contribution in [2.24, 2.45) is 0 Å². The van der Waals surface area contributed by atoms with Crippen LogP contribution in [0.1, 0.15) is 0 Å². The largest absolute Gasteiger partial charge is 0.456 e. The summed E-state index contributed by atoms with van der Waals surface area (Å²) in [6.45, 7) is 0. The SMILES string of the molecule is c1cc(-c2ccc3c4c(cccc24)-c2ccccc2O3)cc(-c2cccc3oc4ccc5ccccc5c4c23)c1. The van der Waals surface area contributed by atoms with Crippen molar-refractivity contribution in [3.8, 4) is 44.9 Å². The molecule has 0 aliphatic carbocycles. The van der Waals surface area contributed by atoms with Crippen molar-refractivity contribution in [2.45, 2.75) is 0 Å². The number of benzene rings is 7. The van der Waals surface area contributed by atoms with Crippen molar-refractivity contribution in [3.63, 3.8) is 0 Å². The van der Waals surface area contributed by atoms with Crippen LogP contribution in [0.5, 0.6) is 11.5 Å². The van der Waals surface area contributed by atoms with Gasteiger partial charge in [0.25, 0.3) is 0 Å². The zero-order chi connectivity index (χ0) is 26.2. The lowest BCUT2D eigenvalue weighted by atomic mass is 9.89. The summed E-state index contributed by atoms with van der Waals surface area (Å²) in [4.78, 5) is 0. The van der Waals surface area contributed by atoms with Gasteiger partial charge in [0.05, 0.1) is 0 Å². The second-order valence-corrected chi connectivity index (χ2v) is 10.5. The molecule has 2 heterocycles. The van der Waals surface area contributed by atoms with Crippen LogP contribution in [0.4, 0.5) is 0 Å². The average Bonchev–Trinajstić information content (AvgIpc) is 3.41. The van der Waals surface area contributed by atoms with E-state index in [0.29, 0.717) is 0 Å². The molecular formula is C38H22O2. The average molecular weight is 511 g/mol. The van der Waals surface area contributed by atoms with Crippen molar-refractivity contribution in [1.82, 2.24) is 0 Å². The zero-order valence-electron chi connectivity index (χ0n) is 21.5. The Labute approximate surface area is 230 Å². The van der Waals surface area contributed by atoms with Gasteiger partial charge in [0.15, 0.2) is 0 Å². The fourth-order valence-electron chi connectivity index (χ4n) is 6.51. The first-order valence-electron chi connectivity index (χ1n) is 13.6. The monoisotopic (exact) mass is 510 g/mol. The molecule has 1 aromatic heterocycles. The fourth-order valence-corrected chi connectivity index (χ4v) is 6.51. The van der Waals surface area contributed by atoms with Crippen LogP contribution < -0.4 is 4.74 Å². The van der Waals surface area contributed by atoms with Gasteiger partial charge in [-0.2, -0.15) is 0 Å². The summed E-state index contributed by atoms with van der Waals surface area (Å²) in [6, 6.07) is 47.1. The van der Waals surface area contributed by atoms with Crippen LogP contribution in [0.3, 0.4) is 0 Å². The van der Waals surface area contributed by atoms with Gasteiger partial charge >= 0.3 is 0 Å². The molecule has 7 aromatic carbocycles. The minimum atomic E-state index is 0.908. The van der Waals surface area contributed by atoms with E-state index in [-0.39, 0.29) is 0 Å². The van der Waals surface area contributed by atoms with E-state index in [1.165, 1.54) is 54.7 Å². The number of rotatable bonds is 2. The molecule has 1 aliphatic rings. The third kappa shape index (κ3) is 2.99. The van der Waals surface area contributed by atoms with Crippen LogP contribution >= 0.6 is 0 Å². The minimum absolute atomic E-state index is 0.908. The van der Waals surface area contributed by atoms with E-state index in [0.717, 1.165) is 33.6 Å². The molecule has 0 spiro atoms. The molecule has 0 radical (unpaired) electrons. The first kappa shape index (κ1) is 21.6. The van der Waals surface area contributed by atoms with Gasteiger partial charge in [-0.15, -0.1) is 0 Å². The maximum Gasteiger partial charge on any atom is 0.136 e. The topological polar surface area (TPSA) is 22.4 Å². The minimum Gasteiger partial charge on any atom is -0.456 e. The number of para-hydroxylation sites is 1. The van der Waals surface area contributed by atoms with Gasteiger partial charge in [-0.3, -0.25) is 0 Å². The quantitative estimate of drug-likeness (QED) is 0.231. The van der Waals surface area contributed by atoms with E-state index in [4.69, 9.17) is 9.15 Å². The molecule has 0 bridgehead atoms. The number of furan rings is 1. The lowest BCUT2D eigenvalue weighted by molar-refractivity contribution is 0.487. The van der Waals surface area contributed by atoms with E-state index in [2.05, 4.69) is 121 Å².